The summed E-state index contributed by atoms with van der Waals surface area (Å²) in [6.45, 7) is 4.01. The highest BCUT2D eigenvalue weighted by molar-refractivity contribution is 5.94. The summed E-state index contributed by atoms with van der Waals surface area (Å²) in [5, 5.41) is 3.96. The Morgan fingerprint density at radius 1 is 0.892 bits per heavy atom. The second-order valence-corrected chi connectivity index (χ2v) is 8.15. The van der Waals surface area contributed by atoms with Crippen molar-refractivity contribution in [3.63, 3.8) is 0 Å². The second-order valence-electron chi connectivity index (χ2n) is 8.15. The molecule has 0 bridgehead atoms. The molecule has 3 aromatic carbocycles. The van der Waals surface area contributed by atoms with Crippen molar-refractivity contribution in [1.82, 2.24) is 5.43 Å². The van der Waals surface area contributed by atoms with Gasteiger partial charge in [-0.3, -0.25) is 4.79 Å². The van der Waals surface area contributed by atoms with E-state index in [2.05, 4.69) is 24.4 Å². The number of ether oxygens (including phenoxy) is 5. The molecular formula is C28H30N2O7. The van der Waals surface area contributed by atoms with Gasteiger partial charge in [0.1, 0.15) is 11.5 Å². The van der Waals surface area contributed by atoms with E-state index in [1.54, 1.807) is 24.3 Å². The molecule has 0 aromatic heterocycles. The zero-order chi connectivity index (χ0) is 26.8. The van der Waals surface area contributed by atoms with E-state index < -0.39 is 11.9 Å². The lowest BCUT2D eigenvalue weighted by atomic mass is 10.0. The summed E-state index contributed by atoms with van der Waals surface area (Å²) >= 11 is 0. The smallest absolute Gasteiger partial charge is 0.343 e. The number of hydrogen-bond acceptors (Lipinski definition) is 8. The SMILES string of the molecule is COc1cc(C(=O)Oc2ccccc2/C=N/NC(=O)COc2ccc(C(C)C)cc2)cc(OC)c1OC. The molecule has 0 atom stereocenters. The largest absolute Gasteiger partial charge is 0.493 e. The molecule has 37 heavy (non-hydrogen) atoms. The van der Waals surface area contributed by atoms with Gasteiger partial charge in [0.15, 0.2) is 18.1 Å². The standard InChI is InChI=1S/C28H30N2O7/c1-18(2)19-10-12-22(13-11-19)36-17-26(31)30-29-16-20-8-6-7-9-23(20)37-28(32)21-14-24(33-3)27(35-5)25(15-21)34-4/h6-16,18H,17H2,1-5H3,(H,30,31)/b29-16+. The van der Waals surface area contributed by atoms with Crippen molar-refractivity contribution >= 4 is 18.1 Å². The first-order chi connectivity index (χ1) is 17.9. The first-order valence-corrected chi connectivity index (χ1v) is 11.5. The number of rotatable bonds is 11. The lowest BCUT2D eigenvalue weighted by Crippen LogP contribution is -2.24. The summed E-state index contributed by atoms with van der Waals surface area (Å²) in [7, 11) is 4.39. The molecule has 0 aliphatic carbocycles. The van der Waals surface area contributed by atoms with Crippen LogP contribution in [0.15, 0.2) is 65.8 Å². The van der Waals surface area contributed by atoms with Gasteiger partial charge in [0.25, 0.3) is 5.91 Å². The van der Waals surface area contributed by atoms with Gasteiger partial charge in [0.05, 0.1) is 33.1 Å². The minimum Gasteiger partial charge on any atom is -0.493 e. The van der Waals surface area contributed by atoms with Gasteiger partial charge in [-0.2, -0.15) is 5.10 Å². The molecule has 0 heterocycles. The maximum absolute atomic E-state index is 12.9. The second kappa shape index (κ2) is 13.0. The number of carbonyl (C=O) groups is 2. The molecule has 0 aliphatic heterocycles. The number of para-hydroxylation sites is 1. The minimum atomic E-state index is -0.638. The van der Waals surface area contributed by atoms with Crippen LogP contribution in [0.1, 0.15) is 41.3 Å². The molecule has 0 aliphatic rings. The number of esters is 1. The highest BCUT2D eigenvalue weighted by Gasteiger charge is 2.19. The molecule has 3 aromatic rings. The molecule has 9 heteroatoms. The van der Waals surface area contributed by atoms with Crippen molar-refractivity contribution < 1.29 is 33.3 Å². The molecule has 0 spiro atoms. The Bertz CT molecular complexity index is 1230. The van der Waals surface area contributed by atoms with Crippen LogP contribution in [0.4, 0.5) is 0 Å². The predicted octanol–water partition coefficient (Wildman–Crippen LogP) is 4.58. The van der Waals surface area contributed by atoms with Gasteiger partial charge in [-0.25, -0.2) is 10.2 Å². The van der Waals surface area contributed by atoms with Crippen molar-refractivity contribution in [2.24, 2.45) is 5.10 Å². The molecule has 0 radical (unpaired) electrons. The fourth-order valence-electron chi connectivity index (χ4n) is 3.34. The number of hydrazone groups is 1. The van der Waals surface area contributed by atoms with E-state index in [-0.39, 0.29) is 17.9 Å². The van der Waals surface area contributed by atoms with Gasteiger partial charge in [-0.15, -0.1) is 0 Å². The topological polar surface area (TPSA) is 105 Å². The molecule has 0 saturated heterocycles. The van der Waals surface area contributed by atoms with Gasteiger partial charge in [-0.1, -0.05) is 38.1 Å². The quantitative estimate of drug-likeness (QED) is 0.176. The van der Waals surface area contributed by atoms with Gasteiger partial charge >= 0.3 is 5.97 Å². The van der Waals surface area contributed by atoms with E-state index in [1.807, 2.05) is 24.3 Å². The highest BCUT2D eigenvalue weighted by Crippen LogP contribution is 2.38. The summed E-state index contributed by atoms with van der Waals surface area (Å²) in [6.07, 6.45) is 1.38. The van der Waals surface area contributed by atoms with Crippen LogP contribution < -0.4 is 29.1 Å². The Balaban J connectivity index is 1.63. The van der Waals surface area contributed by atoms with Crippen LogP contribution in [0.5, 0.6) is 28.7 Å². The third-order valence-corrected chi connectivity index (χ3v) is 5.33. The Morgan fingerprint density at radius 2 is 1.54 bits per heavy atom. The molecule has 9 nitrogen and oxygen atoms in total. The van der Waals surface area contributed by atoms with Crippen molar-refractivity contribution in [3.8, 4) is 28.7 Å². The van der Waals surface area contributed by atoms with E-state index in [0.29, 0.717) is 34.5 Å². The third kappa shape index (κ3) is 7.23. The Morgan fingerprint density at radius 3 is 2.14 bits per heavy atom. The number of benzene rings is 3. The maximum Gasteiger partial charge on any atom is 0.343 e. The number of methoxy groups -OCH3 is 3. The Labute approximate surface area is 216 Å². The zero-order valence-electron chi connectivity index (χ0n) is 21.4. The minimum absolute atomic E-state index is 0.198. The number of hydrogen-bond donors (Lipinski definition) is 1. The van der Waals surface area contributed by atoms with Crippen LogP contribution in [-0.2, 0) is 4.79 Å². The fraction of sp³-hybridized carbons (Fsp3) is 0.250. The lowest BCUT2D eigenvalue weighted by molar-refractivity contribution is -0.123. The van der Waals surface area contributed by atoms with Crippen molar-refractivity contribution in [2.75, 3.05) is 27.9 Å². The molecule has 1 N–H and O–H groups in total. The van der Waals surface area contributed by atoms with Gasteiger partial charge in [0.2, 0.25) is 5.75 Å². The lowest BCUT2D eigenvalue weighted by Gasteiger charge is -2.14. The summed E-state index contributed by atoms with van der Waals surface area (Å²) in [5.74, 6) is 1.19. The molecule has 1 amide bonds. The first-order valence-electron chi connectivity index (χ1n) is 11.5. The van der Waals surface area contributed by atoms with Crippen LogP contribution >= 0.6 is 0 Å². The van der Waals surface area contributed by atoms with Crippen LogP contribution in [0, 0.1) is 0 Å². The van der Waals surface area contributed by atoms with E-state index in [0.717, 1.165) is 0 Å². The van der Waals surface area contributed by atoms with Crippen LogP contribution in [-0.4, -0.2) is 46.0 Å². The number of nitrogens with one attached hydrogen (secondary N) is 1. The summed E-state index contributed by atoms with van der Waals surface area (Å²) in [4.78, 5) is 25.0. The summed E-state index contributed by atoms with van der Waals surface area (Å²) in [5.41, 5.74) is 4.27. The summed E-state index contributed by atoms with van der Waals surface area (Å²) < 4.78 is 27.0. The maximum atomic E-state index is 12.9. The Hall–Kier alpha value is -4.53. The van der Waals surface area contributed by atoms with E-state index >= 15 is 0 Å². The normalized spacial score (nSPS) is 10.8. The number of amides is 1. The molecule has 0 unspecified atom stereocenters. The predicted molar refractivity (Wildman–Crippen MR) is 139 cm³/mol. The monoisotopic (exact) mass is 506 g/mol. The average molecular weight is 507 g/mol. The van der Waals surface area contributed by atoms with Crippen molar-refractivity contribution in [1.29, 1.82) is 0 Å². The van der Waals surface area contributed by atoms with Crippen molar-refractivity contribution in [3.05, 3.63) is 77.4 Å². The molecule has 0 saturated carbocycles. The van der Waals surface area contributed by atoms with Crippen LogP contribution in [0.2, 0.25) is 0 Å². The Kier molecular flexibility index (Phi) is 9.48. The number of carbonyl (C=O) groups excluding carboxylic acids is 2. The van der Waals surface area contributed by atoms with Gasteiger partial charge < -0.3 is 23.7 Å². The van der Waals surface area contributed by atoms with Crippen molar-refractivity contribution in [2.45, 2.75) is 19.8 Å². The van der Waals surface area contributed by atoms with Crippen LogP contribution in [0.3, 0.4) is 0 Å². The molecule has 3 rings (SSSR count). The first kappa shape index (κ1) is 27.1. The van der Waals surface area contributed by atoms with E-state index in [1.165, 1.54) is 45.2 Å². The van der Waals surface area contributed by atoms with E-state index in [9.17, 15) is 9.59 Å². The van der Waals surface area contributed by atoms with E-state index in [4.69, 9.17) is 23.7 Å². The summed E-state index contributed by atoms with van der Waals surface area (Å²) in [6, 6.07) is 17.3. The van der Waals surface area contributed by atoms with Gasteiger partial charge in [0, 0.05) is 5.56 Å². The molecule has 0 fully saturated rings. The third-order valence-electron chi connectivity index (χ3n) is 5.33. The highest BCUT2D eigenvalue weighted by atomic mass is 16.5. The van der Waals surface area contributed by atoms with Gasteiger partial charge in [-0.05, 0) is 47.9 Å². The molecular weight excluding hydrogens is 476 g/mol. The van der Waals surface area contributed by atoms with Crippen LogP contribution in [0.25, 0.3) is 0 Å². The number of nitrogens with zero attached hydrogens (tertiary/aromatic N) is 1. The average Bonchev–Trinajstić information content (AvgIpc) is 2.92. The zero-order valence-corrected chi connectivity index (χ0v) is 21.4. The molecule has 194 valence electrons. The fourth-order valence-corrected chi connectivity index (χ4v) is 3.34.